The van der Waals surface area contributed by atoms with E-state index in [1.165, 1.54) is 12.1 Å². The van der Waals surface area contributed by atoms with Gasteiger partial charge in [-0.25, -0.2) is 9.07 Å². The van der Waals surface area contributed by atoms with Gasteiger partial charge in [-0.3, -0.25) is 4.79 Å². The van der Waals surface area contributed by atoms with Gasteiger partial charge in [0, 0.05) is 15.6 Å². The summed E-state index contributed by atoms with van der Waals surface area (Å²) < 4.78 is 16.4. The van der Waals surface area contributed by atoms with E-state index < -0.39 is 11.7 Å². The molecule has 3 rings (SSSR count). The smallest absolute Gasteiger partial charge is 0.259 e. The number of nitrogens with zero attached hydrogens (tertiary/aromatic N) is 2. The summed E-state index contributed by atoms with van der Waals surface area (Å²) in [6.45, 7) is 0.472. The Labute approximate surface area is 151 Å². The van der Waals surface area contributed by atoms with Crippen LogP contribution < -0.4 is 5.32 Å². The lowest BCUT2D eigenvalue weighted by atomic mass is 10.2. The van der Waals surface area contributed by atoms with Crippen molar-refractivity contribution in [1.29, 1.82) is 0 Å². The average Bonchev–Trinajstić information content (AvgIpc) is 2.96. The minimum absolute atomic E-state index is 0.113. The highest BCUT2D eigenvalue weighted by atomic mass is 79.9. The molecule has 4 nitrogen and oxygen atoms in total. The van der Waals surface area contributed by atoms with Gasteiger partial charge in [-0.15, -0.1) is 0 Å². The molecule has 0 bridgehead atoms. The number of hydrogen-bond donors (Lipinski definition) is 1. The van der Waals surface area contributed by atoms with Crippen LogP contribution in [0.2, 0.25) is 5.02 Å². The van der Waals surface area contributed by atoms with Crippen LogP contribution in [0.15, 0.2) is 59.2 Å². The molecule has 0 unspecified atom stereocenters. The second kappa shape index (κ2) is 7.15. The van der Waals surface area contributed by atoms with Crippen molar-refractivity contribution in [3.63, 3.8) is 0 Å². The summed E-state index contributed by atoms with van der Waals surface area (Å²) >= 11 is 9.24. The quantitative estimate of drug-likeness (QED) is 0.678. The number of aromatic nitrogens is 2. The molecule has 0 aliphatic heterocycles. The van der Waals surface area contributed by atoms with E-state index in [-0.39, 0.29) is 5.56 Å². The molecule has 0 radical (unpaired) electrons. The zero-order valence-corrected chi connectivity index (χ0v) is 14.7. The van der Waals surface area contributed by atoms with Crippen molar-refractivity contribution in [2.24, 2.45) is 0 Å². The molecule has 1 N–H and O–H groups in total. The lowest BCUT2D eigenvalue weighted by Crippen LogP contribution is -2.17. The third-order valence-electron chi connectivity index (χ3n) is 3.35. The highest BCUT2D eigenvalue weighted by Crippen LogP contribution is 2.18. The largest absolute Gasteiger partial charge is 0.307 e. The minimum Gasteiger partial charge on any atom is -0.307 e. The number of carbonyl (C=O) groups excluding carboxylic acids is 1. The van der Waals surface area contributed by atoms with Gasteiger partial charge in [-0.05, 0) is 35.9 Å². The number of nitrogens with one attached hydrogen (secondary N) is 1. The fourth-order valence-electron chi connectivity index (χ4n) is 2.23. The van der Waals surface area contributed by atoms with Gasteiger partial charge in [-0.1, -0.05) is 39.7 Å². The van der Waals surface area contributed by atoms with E-state index in [0.717, 1.165) is 16.1 Å². The van der Waals surface area contributed by atoms with Crippen molar-refractivity contribution >= 4 is 39.3 Å². The lowest BCUT2D eigenvalue weighted by molar-refractivity contribution is 0.102. The van der Waals surface area contributed by atoms with Crippen LogP contribution in [-0.2, 0) is 6.54 Å². The number of rotatable bonds is 4. The van der Waals surface area contributed by atoms with Crippen molar-refractivity contribution in [3.8, 4) is 0 Å². The highest BCUT2D eigenvalue weighted by molar-refractivity contribution is 9.10. The monoisotopic (exact) mass is 407 g/mol. The first-order chi connectivity index (χ1) is 11.5. The SMILES string of the molecule is O=C(Nc1ccnn1Cc1cccc(Br)c1)c1cc(Cl)ccc1F. The van der Waals surface area contributed by atoms with Gasteiger partial charge in [0.05, 0.1) is 18.3 Å². The highest BCUT2D eigenvalue weighted by Gasteiger charge is 2.14. The van der Waals surface area contributed by atoms with Gasteiger partial charge >= 0.3 is 0 Å². The minimum atomic E-state index is -0.630. The standard InChI is InChI=1S/C17H12BrClFN3O/c18-12-3-1-2-11(8-12)10-23-16(6-7-21-23)22-17(24)14-9-13(19)4-5-15(14)20/h1-9H,10H2,(H,22,24). The summed E-state index contributed by atoms with van der Waals surface area (Å²) in [5, 5.41) is 7.15. The predicted octanol–water partition coefficient (Wildman–Crippen LogP) is 4.74. The molecule has 7 heteroatoms. The molecular formula is C17H12BrClFN3O. The summed E-state index contributed by atoms with van der Waals surface area (Å²) in [6, 6.07) is 13.3. The first kappa shape index (κ1) is 16.7. The molecule has 0 saturated heterocycles. The maximum absolute atomic E-state index is 13.8. The van der Waals surface area contributed by atoms with Gasteiger partial charge in [0.1, 0.15) is 11.6 Å². The van der Waals surface area contributed by atoms with Crippen LogP contribution in [0.25, 0.3) is 0 Å². The zero-order chi connectivity index (χ0) is 17.1. The molecule has 0 atom stereocenters. The first-order valence-electron chi connectivity index (χ1n) is 7.05. The zero-order valence-electron chi connectivity index (χ0n) is 12.3. The Morgan fingerprint density at radius 1 is 1.25 bits per heavy atom. The van der Waals surface area contributed by atoms with Crippen molar-refractivity contribution < 1.29 is 9.18 Å². The maximum Gasteiger partial charge on any atom is 0.259 e. The van der Waals surface area contributed by atoms with Crippen molar-refractivity contribution in [1.82, 2.24) is 9.78 Å². The molecule has 2 aromatic carbocycles. The summed E-state index contributed by atoms with van der Waals surface area (Å²) in [5.41, 5.74) is 0.898. The van der Waals surface area contributed by atoms with E-state index in [4.69, 9.17) is 11.6 Å². The van der Waals surface area contributed by atoms with Crippen LogP contribution in [0.1, 0.15) is 15.9 Å². The Bertz CT molecular complexity index is 897. The molecule has 122 valence electrons. The normalized spacial score (nSPS) is 10.6. The molecule has 0 saturated carbocycles. The molecule has 1 amide bonds. The van der Waals surface area contributed by atoms with Gasteiger partial charge in [0.25, 0.3) is 5.91 Å². The Morgan fingerprint density at radius 2 is 2.08 bits per heavy atom. The van der Waals surface area contributed by atoms with E-state index >= 15 is 0 Å². The van der Waals surface area contributed by atoms with Gasteiger partial charge < -0.3 is 5.32 Å². The molecule has 0 spiro atoms. The van der Waals surface area contributed by atoms with E-state index in [0.29, 0.717) is 17.4 Å². The van der Waals surface area contributed by atoms with Crippen LogP contribution in [0.5, 0.6) is 0 Å². The van der Waals surface area contributed by atoms with Crippen LogP contribution in [-0.4, -0.2) is 15.7 Å². The summed E-state index contributed by atoms with van der Waals surface area (Å²) in [6.07, 6.45) is 1.57. The maximum atomic E-state index is 13.8. The van der Waals surface area contributed by atoms with E-state index in [1.807, 2.05) is 24.3 Å². The van der Waals surface area contributed by atoms with Crippen LogP contribution >= 0.6 is 27.5 Å². The third kappa shape index (κ3) is 3.83. The van der Waals surface area contributed by atoms with Crippen molar-refractivity contribution in [2.45, 2.75) is 6.54 Å². The van der Waals surface area contributed by atoms with Crippen molar-refractivity contribution in [3.05, 3.63) is 81.2 Å². The first-order valence-corrected chi connectivity index (χ1v) is 8.23. The lowest BCUT2D eigenvalue weighted by Gasteiger charge is -2.10. The Morgan fingerprint density at radius 3 is 2.88 bits per heavy atom. The molecule has 1 aromatic heterocycles. The second-order valence-electron chi connectivity index (χ2n) is 5.08. The number of hydrogen-bond acceptors (Lipinski definition) is 2. The van der Waals surface area contributed by atoms with Crippen molar-refractivity contribution in [2.75, 3.05) is 5.32 Å². The van der Waals surface area contributed by atoms with Crippen LogP contribution in [0, 0.1) is 5.82 Å². The number of carbonyl (C=O) groups is 1. The van der Waals surface area contributed by atoms with Crippen LogP contribution in [0.4, 0.5) is 10.2 Å². The summed E-state index contributed by atoms with van der Waals surface area (Å²) in [4.78, 5) is 12.3. The average molecular weight is 409 g/mol. The van der Waals surface area contributed by atoms with E-state index in [2.05, 4.69) is 26.3 Å². The molecule has 0 aliphatic carbocycles. The Hall–Kier alpha value is -2.18. The number of anilines is 1. The number of benzene rings is 2. The van der Waals surface area contributed by atoms with Gasteiger partial charge in [0.15, 0.2) is 0 Å². The molecule has 24 heavy (non-hydrogen) atoms. The summed E-state index contributed by atoms with van der Waals surface area (Å²) in [5.74, 6) is -0.736. The number of halogens is 3. The molecule has 0 aliphatic rings. The molecule has 3 aromatic rings. The second-order valence-corrected chi connectivity index (χ2v) is 6.43. The van der Waals surface area contributed by atoms with Crippen LogP contribution in [0.3, 0.4) is 0 Å². The number of amides is 1. The van der Waals surface area contributed by atoms with Gasteiger partial charge in [-0.2, -0.15) is 5.10 Å². The van der Waals surface area contributed by atoms with Gasteiger partial charge in [0.2, 0.25) is 0 Å². The summed E-state index contributed by atoms with van der Waals surface area (Å²) in [7, 11) is 0. The molecule has 0 fully saturated rings. The fraction of sp³-hybridized carbons (Fsp3) is 0.0588. The molecular weight excluding hydrogens is 397 g/mol. The van der Waals surface area contributed by atoms with E-state index in [9.17, 15) is 9.18 Å². The third-order valence-corrected chi connectivity index (χ3v) is 4.08. The topological polar surface area (TPSA) is 46.9 Å². The Balaban J connectivity index is 1.80. The Kier molecular flexibility index (Phi) is 4.97. The molecule has 1 heterocycles. The predicted molar refractivity (Wildman–Crippen MR) is 94.8 cm³/mol. The van der Waals surface area contributed by atoms with E-state index in [1.54, 1.807) is 16.9 Å². The fourth-order valence-corrected chi connectivity index (χ4v) is 2.85.